The van der Waals surface area contributed by atoms with Crippen LogP contribution < -0.4 is 10.2 Å². The molecule has 5 nitrogen and oxygen atoms in total. The first-order chi connectivity index (χ1) is 8.14. The Morgan fingerprint density at radius 1 is 1.65 bits per heavy atom. The summed E-state index contributed by atoms with van der Waals surface area (Å²) in [5, 5.41) is 20.7. The van der Waals surface area contributed by atoms with E-state index < -0.39 is 18.3 Å². The molecule has 0 radical (unpaired) electrons. The number of anilines is 2. The second kappa shape index (κ2) is 3.68. The molecule has 0 spiro atoms. The predicted octanol–water partition coefficient (Wildman–Crippen LogP) is 0.835. The molecule has 1 fully saturated rings. The normalized spacial score (nSPS) is 30.8. The van der Waals surface area contributed by atoms with Crippen molar-refractivity contribution < 1.29 is 9.50 Å². The maximum absolute atomic E-state index is 13.3. The fraction of sp³-hybridized carbons (Fsp3) is 0.600. The highest BCUT2D eigenvalue weighted by atomic mass is 35.5. The van der Waals surface area contributed by atoms with Crippen LogP contribution in [0.1, 0.15) is 6.42 Å². The van der Waals surface area contributed by atoms with E-state index in [4.69, 9.17) is 11.6 Å². The van der Waals surface area contributed by atoms with Crippen molar-refractivity contribution in [2.45, 2.75) is 18.1 Å². The summed E-state index contributed by atoms with van der Waals surface area (Å²) in [4.78, 5) is 1.85. The number of halogens is 2. The molecule has 0 amide bonds. The molecule has 0 bridgehead atoms. The molecule has 1 saturated heterocycles. The van der Waals surface area contributed by atoms with Gasteiger partial charge in [-0.15, -0.1) is 10.2 Å². The number of nitrogens with one attached hydrogen (secondary N) is 1. The molecule has 0 aliphatic carbocycles. The summed E-state index contributed by atoms with van der Waals surface area (Å²) >= 11 is 5.81. The minimum Gasteiger partial charge on any atom is -0.391 e. The van der Waals surface area contributed by atoms with E-state index >= 15 is 0 Å². The SMILES string of the molecule is O[C@@H]1CN2c3cc(Cl)nnc3NC[C@]2(CF)C1. The lowest BCUT2D eigenvalue weighted by molar-refractivity contribution is 0.178. The van der Waals surface area contributed by atoms with Gasteiger partial charge in [-0.1, -0.05) is 11.6 Å². The molecule has 0 saturated carbocycles. The molecule has 1 aromatic heterocycles. The van der Waals surface area contributed by atoms with Crippen LogP contribution in [0.2, 0.25) is 5.15 Å². The zero-order valence-electron chi connectivity index (χ0n) is 9.03. The monoisotopic (exact) mass is 258 g/mol. The highest BCUT2D eigenvalue weighted by molar-refractivity contribution is 6.29. The average Bonchev–Trinajstić information content (AvgIpc) is 2.66. The minimum absolute atomic E-state index is 0.265. The maximum Gasteiger partial charge on any atom is 0.172 e. The van der Waals surface area contributed by atoms with Crippen molar-refractivity contribution in [1.29, 1.82) is 0 Å². The second-order valence-corrected chi connectivity index (χ2v) is 4.97. The molecular weight excluding hydrogens is 247 g/mol. The van der Waals surface area contributed by atoms with Gasteiger partial charge in [0.05, 0.1) is 17.3 Å². The van der Waals surface area contributed by atoms with Crippen LogP contribution in [-0.2, 0) is 0 Å². The number of fused-ring (bicyclic) bond motifs is 3. The minimum atomic E-state index is -0.682. The van der Waals surface area contributed by atoms with E-state index in [1.807, 2.05) is 4.90 Å². The smallest absolute Gasteiger partial charge is 0.172 e. The number of hydrogen-bond acceptors (Lipinski definition) is 5. The van der Waals surface area contributed by atoms with Crippen molar-refractivity contribution in [3.05, 3.63) is 11.2 Å². The Labute approximate surface area is 103 Å². The fourth-order valence-corrected chi connectivity index (χ4v) is 2.79. The van der Waals surface area contributed by atoms with Gasteiger partial charge in [-0.05, 0) is 0 Å². The molecular formula is C10H12ClFN4O. The van der Waals surface area contributed by atoms with E-state index in [0.29, 0.717) is 31.0 Å². The van der Waals surface area contributed by atoms with Crippen molar-refractivity contribution in [2.24, 2.45) is 0 Å². The van der Waals surface area contributed by atoms with E-state index in [9.17, 15) is 9.50 Å². The number of β-amino-alcohol motifs (C(OH)–C–C–N with tert-alkyl or cyclic N) is 1. The summed E-state index contributed by atoms with van der Waals surface area (Å²) in [5.41, 5.74) is 0.0316. The zero-order valence-corrected chi connectivity index (χ0v) is 9.78. The first-order valence-corrected chi connectivity index (χ1v) is 5.81. The number of alkyl halides is 1. The summed E-state index contributed by atoms with van der Waals surface area (Å²) in [7, 11) is 0. The Hall–Kier alpha value is -1.14. The van der Waals surface area contributed by atoms with Gasteiger partial charge in [0.25, 0.3) is 0 Å². The molecule has 17 heavy (non-hydrogen) atoms. The summed E-state index contributed by atoms with van der Waals surface area (Å²) in [6.07, 6.45) is -0.110. The topological polar surface area (TPSA) is 61.3 Å². The number of rotatable bonds is 1. The van der Waals surface area contributed by atoms with Gasteiger partial charge in [0.2, 0.25) is 0 Å². The van der Waals surface area contributed by atoms with Gasteiger partial charge < -0.3 is 15.3 Å². The van der Waals surface area contributed by atoms with E-state index in [1.54, 1.807) is 6.07 Å². The standard InChI is InChI=1S/C10H12ClFN4O/c11-8-1-7-9(15-14-8)13-5-10(4-12)2-6(17)3-16(7)10/h1,6,17H,2-5H2,(H,13,15)/t6-,10+/m0/s1. The van der Waals surface area contributed by atoms with Gasteiger partial charge in [0, 0.05) is 25.6 Å². The lowest BCUT2D eigenvalue weighted by Gasteiger charge is -2.42. The van der Waals surface area contributed by atoms with Crippen LogP contribution in [0, 0.1) is 0 Å². The summed E-state index contributed by atoms with van der Waals surface area (Å²) in [5.74, 6) is 0.590. The average molecular weight is 259 g/mol. The molecule has 0 unspecified atom stereocenters. The van der Waals surface area contributed by atoms with Crippen LogP contribution in [0.4, 0.5) is 15.9 Å². The third kappa shape index (κ3) is 1.55. The number of aromatic nitrogens is 2. The lowest BCUT2D eigenvalue weighted by atomic mass is 9.95. The van der Waals surface area contributed by atoms with Crippen molar-refractivity contribution in [3.63, 3.8) is 0 Å². The van der Waals surface area contributed by atoms with Gasteiger partial charge in [-0.2, -0.15) is 0 Å². The Bertz CT molecular complexity index is 460. The largest absolute Gasteiger partial charge is 0.391 e. The number of aliphatic hydroxyl groups excluding tert-OH is 1. The summed E-state index contributed by atoms with van der Waals surface area (Å²) < 4.78 is 13.3. The molecule has 7 heteroatoms. The van der Waals surface area contributed by atoms with E-state index in [1.165, 1.54) is 0 Å². The van der Waals surface area contributed by atoms with Crippen molar-refractivity contribution in [1.82, 2.24) is 10.2 Å². The predicted molar refractivity (Wildman–Crippen MR) is 62.2 cm³/mol. The summed E-state index contributed by atoms with van der Waals surface area (Å²) in [6, 6.07) is 1.65. The third-order valence-corrected chi connectivity index (χ3v) is 3.63. The summed E-state index contributed by atoms with van der Waals surface area (Å²) in [6.45, 7) is 0.306. The van der Waals surface area contributed by atoms with E-state index in [0.717, 1.165) is 0 Å². The highest BCUT2D eigenvalue weighted by Crippen LogP contribution is 2.42. The Kier molecular flexibility index (Phi) is 2.38. The Morgan fingerprint density at radius 2 is 2.47 bits per heavy atom. The molecule has 2 N–H and O–H groups in total. The second-order valence-electron chi connectivity index (χ2n) is 4.58. The number of aliphatic hydroxyl groups is 1. The molecule has 2 aliphatic heterocycles. The van der Waals surface area contributed by atoms with Crippen molar-refractivity contribution in [2.75, 3.05) is 30.0 Å². The zero-order chi connectivity index (χ0) is 12.0. The maximum atomic E-state index is 13.3. The third-order valence-electron chi connectivity index (χ3n) is 3.45. The molecule has 3 heterocycles. The van der Waals surface area contributed by atoms with Gasteiger partial charge in [-0.3, -0.25) is 0 Å². The van der Waals surface area contributed by atoms with Crippen molar-refractivity contribution >= 4 is 23.1 Å². The van der Waals surface area contributed by atoms with E-state index in [2.05, 4.69) is 15.5 Å². The fourth-order valence-electron chi connectivity index (χ4n) is 2.65. The van der Waals surface area contributed by atoms with Crippen molar-refractivity contribution in [3.8, 4) is 0 Å². The molecule has 92 valence electrons. The lowest BCUT2D eigenvalue weighted by Crippen LogP contribution is -2.54. The van der Waals surface area contributed by atoms with Crippen LogP contribution in [0.5, 0.6) is 0 Å². The molecule has 3 rings (SSSR count). The van der Waals surface area contributed by atoms with Gasteiger partial charge >= 0.3 is 0 Å². The Morgan fingerprint density at radius 3 is 3.24 bits per heavy atom. The molecule has 0 aromatic carbocycles. The van der Waals surface area contributed by atoms with E-state index in [-0.39, 0.29) is 5.15 Å². The number of hydrogen-bond donors (Lipinski definition) is 2. The molecule has 2 atom stereocenters. The van der Waals surface area contributed by atoms with Crippen LogP contribution in [0.3, 0.4) is 0 Å². The first-order valence-electron chi connectivity index (χ1n) is 5.43. The molecule has 2 aliphatic rings. The van der Waals surface area contributed by atoms with Gasteiger partial charge in [-0.25, -0.2) is 4.39 Å². The van der Waals surface area contributed by atoms with Crippen LogP contribution in [0.25, 0.3) is 0 Å². The highest BCUT2D eigenvalue weighted by Gasteiger charge is 2.48. The van der Waals surface area contributed by atoms with Crippen LogP contribution in [-0.4, -0.2) is 46.7 Å². The quantitative estimate of drug-likeness (QED) is 0.782. The number of nitrogens with zero attached hydrogens (tertiary/aromatic N) is 3. The Balaban J connectivity index is 2.08. The van der Waals surface area contributed by atoms with Gasteiger partial charge in [0.15, 0.2) is 11.0 Å². The first kappa shape index (κ1) is 11.0. The van der Waals surface area contributed by atoms with Gasteiger partial charge in [0.1, 0.15) is 6.67 Å². The molecule has 1 aromatic rings. The van der Waals surface area contributed by atoms with Crippen LogP contribution >= 0.6 is 11.6 Å². The van der Waals surface area contributed by atoms with Crippen LogP contribution in [0.15, 0.2) is 6.07 Å².